The molecule has 1 amide bonds. The minimum atomic E-state index is 0. The lowest BCUT2D eigenvalue weighted by atomic mass is 10.2. The Kier molecular flexibility index (Phi) is 4.32. The lowest BCUT2D eigenvalue weighted by Gasteiger charge is -2.27. The highest BCUT2D eigenvalue weighted by Gasteiger charge is 2.21. The molecule has 0 saturated carbocycles. The molecule has 0 atom stereocenters. The molecule has 0 spiro atoms. The average Bonchev–Trinajstić information content (AvgIpc) is 2.60. The maximum atomic E-state index is 12.1. The van der Waals surface area contributed by atoms with Crippen molar-refractivity contribution in [1.82, 2.24) is 20.0 Å². The summed E-state index contributed by atoms with van der Waals surface area (Å²) < 4.78 is 1.73. The number of halogens is 1. The highest BCUT2D eigenvalue weighted by molar-refractivity contribution is 5.95. The quantitative estimate of drug-likeness (QED) is 0.768. The van der Waals surface area contributed by atoms with E-state index in [4.69, 9.17) is 0 Å². The Labute approximate surface area is 101 Å². The third-order valence-corrected chi connectivity index (χ3v) is 2.87. The van der Waals surface area contributed by atoms with Crippen molar-refractivity contribution in [1.29, 1.82) is 0 Å². The number of nitrogens with zero attached hydrogens (tertiary/aromatic N) is 3. The number of carbonyl (C=O) groups excluding carboxylic acids is 1. The maximum Gasteiger partial charge on any atom is 0.257 e. The maximum absolute atomic E-state index is 12.1. The highest BCUT2D eigenvalue weighted by Crippen LogP contribution is 2.09. The Bertz CT molecular complexity index is 371. The SMILES string of the molecule is Cc1c(C(=O)N2CCNCC2)cnn1C.Cl. The Hall–Kier alpha value is -1.07. The van der Waals surface area contributed by atoms with Crippen LogP contribution in [0.4, 0.5) is 0 Å². The van der Waals surface area contributed by atoms with Gasteiger partial charge in [-0.05, 0) is 6.92 Å². The first-order chi connectivity index (χ1) is 7.20. The molecule has 1 aliphatic rings. The standard InChI is InChI=1S/C10H16N4O.ClH/c1-8-9(7-12-13(8)2)10(15)14-5-3-11-4-6-14;/h7,11H,3-6H2,1-2H3;1H. The summed E-state index contributed by atoms with van der Waals surface area (Å²) in [7, 11) is 1.85. The van der Waals surface area contributed by atoms with Crippen molar-refractivity contribution in [3.63, 3.8) is 0 Å². The molecule has 1 aromatic rings. The molecule has 1 aliphatic heterocycles. The van der Waals surface area contributed by atoms with E-state index in [0.29, 0.717) is 0 Å². The van der Waals surface area contributed by atoms with Crippen LogP contribution in [0.3, 0.4) is 0 Å². The van der Waals surface area contributed by atoms with Crippen molar-refractivity contribution in [2.45, 2.75) is 6.92 Å². The fraction of sp³-hybridized carbons (Fsp3) is 0.600. The molecule has 1 fully saturated rings. The van der Waals surface area contributed by atoms with Crippen LogP contribution >= 0.6 is 12.4 Å². The average molecular weight is 245 g/mol. The van der Waals surface area contributed by atoms with Crippen molar-refractivity contribution in [2.75, 3.05) is 26.2 Å². The van der Waals surface area contributed by atoms with Gasteiger partial charge in [-0.25, -0.2) is 0 Å². The van der Waals surface area contributed by atoms with Crippen molar-refractivity contribution < 1.29 is 4.79 Å². The summed E-state index contributed by atoms with van der Waals surface area (Å²) >= 11 is 0. The van der Waals surface area contributed by atoms with Gasteiger partial charge in [-0.3, -0.25) is 9.48 Å². The lowest BCUT2D eigenvalue weighted by Crippen LogP contribution is -2.46. The third-order valence-electron chi connectivity index (χ3n) is 2.87. The third kappa shape index (κ3) is 2.36. The fourth-order valence-electron chi connectivity index (χ4n) is 1.75. The molecule has 16 heavy (non-hydrogen) atoms. The van der Waals surface area contributed by atoms with E-state index in [2.05, 4.69) is 10.4 Å². The fourth-order valence-corrected chi connectivity index (χ4v) is 1.75. The molecule has 0 bridgehead atoms. The summed E-state index contributed by atoms with van der Waals surface area (Å²) in [6, 6.07) is 0. The first-order valence-corrected chi connectivity index (χ1v) is 5.18. The molecule has 0 aliphatic carbocycles. The molecule has 1 aromatic heterocycles. The molecular formula is C10H17ClN4O. The molecule has 1 saturated heterocycles. The Morgan fingerprint density at radius 1 is 1.44 bits per heavy atom. The van der Waals surface area contributed by atoms with Gasteiger partial charge in [0.1, 0.15) is 0 Å². The topological polar surface area (TPSA) is 50.2 Å². The summed E-state index contributed by atoms with van der Waals surface area (Å²) in [4.78, 5) is 14.0. The second-order valence-corrected chi connectivity index (χ2v) is 3.81. The van der Waals surface area contributed by atoms with Gasteiger partial charge in [0.05, 0.1) is 11.8 Å². The number of hydrogen-bond donors (Lipinski definition) is 1. The molecule has 0 aromatic carbocycles. The second-order valence-electron chi connectivity index (χ2n) is 3.81. The molecule has 1 N–H and O–H groups in total. The van der Waals surface area contributed by atoms with Gasteiger partial charge < -0.3 is 10.2 Å². The summed E-state index contributed by atoms with van der Waals surface area (Å²) in [6.07, 6.45) is 1.65. The van der Waals surface area contributed by atoms with Gasteiger partial charge in [-0.1, -0.05) is 0 Å². The molecule has 6 heteroatoms. The van der Waals surface area contributed by atoms with Crippen LogP contribution in [0.2, 0.25) is 0 Å². The number of rotatable bonds is 1. The van der Waals surface area contributed by atoms with Gasteiger partial charge in [-0.2, -0.15) is 5.10 Å². The summed E-state index contributed by atoms with van der Waals surface area (Å²) in [5, 5.41) is 7.31. The molecule has 90 valence electrons. The summed E-state index contributed by atoms with van der Waals surface area (Å²) in [5.41, 5.74) is 1.65. The number of carbonyl (C=O) groups is 1. The monoisotopic (exact) mass is 244 g/mol. The van der Waals surface area contributed by atoms with Crippen LogP contribution in [-0.4, -0.2) is 46.8 Å². The van der Waals surface area contributed by atoms with Crippen molar-refractivity contribution >= 4 is 18.3 Å². The van der Waals surface area contributed by atoms with Gasteiger partial charge in [0.2, 0.25) is 0 Å². The molecule has 5 nitrogen and oxygen atoms in total. The number of piperazine rings is 1. The number of amides is 1. The summed E-state index contributed by atoms with van der Waals surface area (Å²) in [6.45, 7) is 5.25. The number of aromatic nitrogens is 2. The smallest absolute Gasteiger partial charge is 0.257 e. The zero-order valence-electron chi connectivity index (χ0n) is 9.56. The number of aryl methyl sites for hydroxylation is 1. The van der Waals surface area contributed by atoms with Gasteiger partial charge in [0.15, 0.2) is 0 Å². The van der Waals surface area contributed by atoms with Gasteiger partial charge in [0.25, 0.3) is 5.91 Å². The molecule has 2 rings (SSSR count). The van der Waals surface area contributed by atoms with E-state index in [1.165, 1.54) is 0 Å². The van der Waals surface area contributed by atoms with E-state index in [0.717, 1.165) is 37.4 Å². The normalized spacial score (nSPS) is 15.8. The van der Waals surface area contributed by atoms with Crippen LogP contribution in [-0.2, 0) is 7.05 Å². The van der Waals surface area contributed by atoms with Crippen molar-refractivity contribution in [3.05, 3.63) is 17.5 Å². The Morgan fingerprint density at radius 3 is 2.56 bits per heavy atom. The minimum Gasteiger partial charge on any atom is -0.336 e. The van der Waals surface area contributed by atoms with E-state index < -0.39 is 0 Å². The number of nitrogens with one attached hydrogen (secondary N) is 1. The second kappa shape index (κ2) is 5.32. The zero-order valence-corrected chi connectivity index (χ0v) is 10.4. The van der Waals surface area contributed by atoms with Gasteiger partial charge in [0, 0.05) is 38.9 Å². The van der Waals surface area contributed by atoms with E-state index >= 15 is 0 Å². The highest BCUT2D eigenvalue weighted by atomic mass is 35.5. The molecular weight excluding hydrogens is 228 g/mol. The Morgan fingerprint density at radius 2 is 2.06 bits per heavy atom. The van der Waals surface area contributed by atoms with Crippen LogP contribution in [0.15, 0.2) is 6.20 Å². The van der Waals surface area contributed by atoms with Crippen LogP contribution in [0.5, 0.6) is 0 Å². The van der Waals surface area contributed by atoms with Crippen LogP contribution < -0.4 is 5.32 Å². The molecule has 0 unspecified atom stereocenters. The van der Waals surface area contributed by atoms with Crippen LogP contribution in [0.1, 0.15) is 16.1 Å². The van der Waals surface area contributed by atoms with E-state index in [1.807, 2.05) is 18.9 Å². The molecule has 2 heterocycles. The first kappa shape index (κ1) is 13.0. The van der Waals surface area contributed by atoms with Crippen molar-refractivity contribution in [2.24, 2.45) is 7.05 Å². The zero-order chi connectivity index (χ0) is 10.8. The van der Waals surface area contributed by atoms with E-state index in [1.54, 1.807) is 10.9 Å². The van der Waals surface area contributed by atoms with Crippen LogP contribution in [0, 0.1) is 6.92 Å². The summed E-state index contributed by atoms with van der Waals surface area (Å²) in [5.74, 6) is 0.0992. The minimum absolute atomic E-state index is 0. The predicted molar refractivity (Wildman–Crippen MR) is 64.0 cm³/mol. The first-order valence-electron chi connectivity index (χ1n) is 5.18. The van der Waals surface area contributed by atoms with E-state index in [9.17, 15) is 4.79 Å². The van der Waals surface area contributed by atoms with E-state index in [-0.39, 0.29) is 18.3 Å². The largest absolute Gasteiger partial charge is 0.336 e. The van der Waals surface area contributed by atoms with Crippen LogP contribution in [0.25, 0.3) is 0 Å². The number of hydrogen-bond acceptors (Lipinski definition) is 3. The van der Waals surface area contributed by atoms with Crippen molar-refractivity contribution in [3.8, 4) is 0 Å². The Balaban J connectivity index is 0.00000128. The lowest BCUT2D eigenvalue weighted by molar-refractivity contribution is 0.0735. The predicted octanol–water partition coefficient (Wildman–Crippen LogP) is 0.196. The van der Waals surface area contributed by atoms with Gasteiger partial charge in [-0.15, -0.1) is 12.4 Å². The van der Waals surface area contributed by atoms with Gasteiger partial charge >= 0.3 is 0 Å². The molecule has 0 radical (unpaired) electrons.